The summed E-state index contributed by atoms with van der Waals surface area (Å²) in [4.78, 5) is 14.7. The SMILES string of the molecule is CCOCC(Nc1nccc(C(=O)O)c1F)C(C)C. The summed E-state index contributed by atoms with van der Waals surface area (Å²) in [5.41, 5.74) is -0.392. The van der Waals surface area contributed by atoms with Crippen LogP contribution in [0.15, 0.2) is 12.3 Å². The van der Waals surface area contributed by atoms with E-state index in [2.05, 4.69) is 10.3 Å². The van der Waals surface area contributed by atoms with Crippen LogP contribution in [0.25, 0.3) is 0 Å². The average Bonchev–Trinajstić information content (AvgIpc) is 2.35. The molecule has 0 aromatic carbocycles. The van der Waals surface area contributed by atoms with Crippen LogP contribution in [0, 0.1) is 11.7 Å². The molecule has 1 atom stereocenters. The van der Waals surface area contributed by atoms with Crippen molar-refractivity contribution >= 4 is 11.8 Å². The molecule has 2 N–H and O–H groups in total. The van der Waals surface area contributed by atoms with E-state index in [4.69, 9.17) is 9.84 Å². The molecule has 0 saturated heterocycles. The predicted octanol–water partition coefficient (Wildman–Crippen LogP) is 2.39. The molecule has 0 spiro atoms. The number of nitrogens with one attached hydrogen (secondary N) is 1. The Bertz CT molecular complexity index is 438. The second-order valence-electron chi connectivity index (χ2n) is 4.48. The van der Waals surface area contributed by atoms with Crippen LogP contribution in [0.5, 0.6) is 0 Å². The third kappa shape index (κ3) is 4.17. The molecular formula is C13H19FN2O3. The van der Waals surface area contributed by atoms with Crippen molar-refractivity contribution in [3.05, 3.63) is 23.6 Å². The highest BCUT2D eigenvalue weighted by Gasteiger charge is 2.19. The highest BCUT2D eigenvalue weighted by atomic mass is 19.1. The Morgan fingerprint density at radius 3 is 2.79 bits per heavy atom. The van der Waals surface area contributed by atoms with Crippen LogP contribution in [0.1, 0.15) is 31.1 Å². The van der Waals surface area contributed by atoms with E-state index < -0.39 is 17.3 Å². The number of aromatic nitrogens is 1. The van der Waals surface area contributed by atoms with Crippen LogP contribution in [-0.4, -0.2) is 35.3 Å². The standard InChI is InChI=1S/C13H19FN2O3/c1-4-19-7-10(8(2)3)16-12-11(14)9(13(17)18)5-6-15-12/h5-6,8,10H,4,7H2,1-3H3,(H,15,16)(H,17,18). The number of rotatable bonds is 7. The Morgan fingerprint density at radius 2 is 2.26 bits per heavy atom. The minimum atomic E-state index is -1.31. The average molecular weight is 270 g/mol. The highest BCUT2D eigenvalue weighted by Crippen LogP contribution is 2.18. The molecule has 1 rings (SSSR count). The van der Waals surface area contributed by atoms with E-state index in [0.717, 1.165) is 6.07 Å². The van der Waals surface area contributed by atoms with Crippen LogP contribution in [0.4, 0.5) is 10.2 Å². The monoisotopic (exact) mass is 270 g/mol. The van der Waals surface area contributed by atoms with E-state index in [9.17, 15) is 9.18 Å². The zero-order valence-corrected chi connectivity index (χ0v) is 11.3. The molecule has 1 heterocycles. The summed E-state index contributed by atoms with van der Waals surface area (Å²) in [6, 6.07) is 1.00. The molecule has 5 nitrogen and oxygen atoms in total. The van der Waals surface area contributed by atoms with E-state index in [1.165, 1.54) is 6.20 Å². The first-order valence-electron chi connectivity index (χ1n) is 6.19. The number of pyridine rings is 1. The zero-order valence-electron chi connectivity index (χ0n) is 11.3. The Labute approximate surface area is 111 Å². The molecule has 1 aromatic rings. The maximum absolute atomic E-state index is 13.9. The van der Waals surface area contributed by atoms with Gasteiger partial charge in [-0.15, -0.1) is 0 Å². The van der Waals surface area contributed by atoms with Gasteiger partial charge in [0.05, 0.1) is 12.6 Å². The van der Waals surface area contributed by atoms with Crippen LogP contribution < -0.4 is 5.32 Å². The van der Waals surface area contributed by atoms with Gasteiger partial charge in [-0.1, -0.05) is 13.8 Å². The normalized spacial score (nSPS) is 12.5. The fourth-order valence-electron chi connectivity index (χ4n) is 1.53. The first-order valence-corrected chi connectivity index (χ1v) is 6.19. The zero-order chi connectivity index (χ0) is 14.4. The molecule has 0 fully saturated rings. The van der Waals surface area contributed by atoms with Crippen molar-refractivity contribution in [2.45, 2.75) is 26.8 Å². The quantitative estimate of drug-likeness (QED) is 0.796. The number of halogens is 1. The number of carboxylic acid groups (broad SMARTS) is 1. The molecule has 0 aliphatic heterocycles. The maximum atomic E-state index is 13.9. The Morgan fingerprint density at radius 1 is 1.58 bits per heavy atom. The summed E-state index contributed by atoms with van der Waals surface area (Å²) in [6.45, 7) is 6.79. The van der Waals surface area contributed by atoms with Crippen molar-refractivity contribution < 1.29 is 19.0 Å². The lowest BCUT2D eigenvalue weighted by Gasteiger charge is -2.23. The summed E-state index contributed by atoms with van der Waals surface area (Å²) in [7, 11) is 0. The Hall–Kier alpha value is -1.69. The van der Waals surface area contributed by atoms with Gasteiger partial charge < -0.3 is 15.2 Å². The third-order valence-electron chi connectivity index (χ3n) is 2.75. The van der Waals surface area contributed by atoms with Gasteiger partial charge in [-0.3, -0.25) is 0 Å². The van der Waals surface area contributed by atoms with Crippen LogP contribution in [0.3, 0.4) is 0 Å². The molecular weight excluding hydrogens is 251 g/mol. The van der Waals surface area contributed by atoms with Crippen LogP contribution in [0.2, 0.25) is 0 Å². The molecule has 106 valence electrons. The number of nitrogens with zero attached hydrogens (tertiary/aromatic N) is 1. The topological polar surface area (TPSA) is 71.5 Å². The largest absolute Gasteiger partial charge is 0.478 e. The second-order valence-corrected chi connectivity index (χ2v) is 4.48. The predicted molar refractivity (Wildman–Crippen MR) is 69.9 cm³/mol. The van der Waals surface area contributed by atoms with E-state index in [0.29, 0.717) is 13.2 Å². The number of hydrogen-bond donors (Lipinski definition) is 2. The first-order chi connectivity index (χ1) is 8.97. The van der Waals surface area contributed by atoms with Gasteiger partial charge in [-0.2, -0.15) is 0 Å². The smallest absolute Gasteiger partial charge is 0.338 e. The van der Waals surface area contributed by atoms with Gasteiger partial charge >= 0.3 is 5.97 Å². The highest BCUT2D eigenvalue weighted by molar-refractivity contribution is 5.88. The third-order valence-corrected chi connectivity index (χ3v) is 2.75. The fraction of sp³-hybridized carbons (Fsp3) is 0.538. The molecule has 19 heavy (non-hydrogen) atoms. The molecule has 1 aromatic heterocycles. The minimum Gasteiger partial charge on any atom is -0.478 e. The molecule has 6 heteroatoms. The van der Waals surface area contributed by atoms with E-state index in [-0.39, 0.29) is 17.8 Å². The van der Waals surface area contributed by atoms with Gasteiger partial charge in [-0.05, 0) is 18.9 Å². The lowest BCUT2D eigenvalue weighted by molar-refractivity contribution is 0.0692. The number of anilines is 1. The van der Waals surface area contributed by atoms with Crippen LogP contribution >= 0.6 is 0 Å². The molecule has 0 aliphatic rings. The van der Waals surface area contributed by atoms with Gasteiger partial charge in [0.15, 0.2) is 11.6 Å². The summed E-state index contributed by atoms with van der Waals surface area (Å²) in [6.07, 6.45) is 1.27. The van der Waals surface area contributed by atoms with Gasteiger partial charge in [0, 0.05) is 12.8 Å². The minimum absolute atomic E-state index is 0.0571. The van der Waals surface area contributed by atoms with Crippen molar-refractivity contribution in [3.63, 3.8) is 0 Å². The number of carboxylic acids is 1. The molecule has 0 radical (unpaired) electrons. The van der Waals surface area contributed by atoms with E-state index in [1.54, 1.807) is 0 Å². The van der Waals surface area contributed by atoms with Gasteiger partial charge in [0.1, 0.15) is 5.56 Å². The number of ether oxygens (including phenoxy) is 1. The molecule has 0 amide bonds. The van der Waals surface area contributed by atoms with Crippen molar-refractivity contribution in [2.24, 2.45) is 5.92 Å². The van der Waals surface area contributed by atoms with Gasteiger partial charge in [0.25, 0.3) is 0 Å². The van der Waals surface area contributed by atoms with E-state index in [1.807, 2.05) is 20.8 Å². The van der Waals surface area contributed by atoms with Crippen molar-refractivity contribution in [2.75, 3.05) is 18.5 Å². The Balaban J connectivity index is 2.90. The number of hydrogen-bond acceptors (Lipinski definition) is 4. The Kier molecular flexibility index (Phi) is 5.69. The summed E-state index contributed by atoms with van der Waals surface area (Å²) >= 11 is 0. The van der Waals surface area contributed by atoms with Crippen molar-refractivity contribution in [3.8, 4) is 0 Å². The van der Waals surface area contributed by atoms with Crippen LogP contribution in [-0.2, 0) is 4.74 Å². The summed E-state index contributed by atoms with van der Waals surface area (Å²) in [5, 5.41) is 11.8. The molecule has 0 aliphatic carbocycles. The number of aromatic carboxylic acids is 1. The molecule has 0 saturated carbocycles. The van der Waals surface area contributed by atoms with Crippen molar-refractivity contribution in [1.29, 1.82) is 0 Å². The molecule has 1 unspecified atom stereocenters. The molecule has 0 bridgehead atoms. The van der Waals surface area contributed by atoms with Gasteiger partial charge in [0.2, 0.25) is 0 Å². The maximum Gasteiger partial charge on any atom is 0.338 e. The number of carbonyl (C=O) groups is 1. The van der Waals surface area contributed by atoms with Crippen molar-refractivity contribution in [1.82, 2.24) is 4.98 Å². The first kappa shape index (κ1) is 15.4. The van der Waals surface area contributed by atoms with Gasteiger partial charge in [-0.25, -0.2) is 14.2 Å². The summed E-state index contributed by atoms with van der Waals surface area (Å²) < 4.78 is 19.2. The fourth-order valence-corrected chi connectivity index (χ4v) is 1.53. The van der Waals surface area contributed by atoms with E-state index >= 15 is 0 Å². The lowest BCUT2D eigenvalue weighted by atomic mass is 10.1. The lowest BCUT2D eigenvalue weighted by Crippen LogP contribution is -2.32. The summed E-state index contributed by atoms with van der Waals surface area (Å²) in [5.74, 6) is -2.02. The second kappa shape index (κ2) is 7.04.